The molecule has 2 heterocycles. The van der Waals surface area contributed by atoms with Crippen LogP contribution in [0.2, 0.25) is 0 Å². The number of hydrogen-bond donors (Lipinski definition) is 5. The fourth-order valence-corrected chi connectivity index (χ4v) is 7.11. The van der Waals surface area contributed by atoms with E-state index in [1.54, 1.807) is 0 Å². The minimum atomic E-state index is 0.226. The van der Waals surface area contributed by atoms with Crippen molar-refractivity contribution in [2.45, 2.75) is 173 Å². The molecule has 0 radical (unpaired) electrons. The fraction of sp³-hybridized carbons (Fsp3) is 1.00. The zero-order valence-electron chi connectivity index (χ0n) is 24.2. The second-order valence-corrected chi connectivity index (χ2v) is 14.4. The molecule has 2 saturated heterocycles. The molecule has 2 fully saturated rings. The molecule has 0 aromatic carbocycles. The summed E-state index contributed by atoms with van der Waals surface area (Å²) in [5.41, 5.74) is 7.31. The van der Waals surface area contributed by atoms with Gasteiger partial charge < -0.3 is 27.0 Å². The Morgan fingerprint density at radius 3 is 1.24 bits per heavy atom. The quantitative estimate of drug-likeness (QED) is 0.221. The highest BCUT2D eigenvalue weighted by Crippen LogP contribution is 2.29. The van der Waals surface area contributed by atoms with E-state index in [2.05, 4.69) is 76.7 Å². The molecule has 5 nitrogen and oxygen atoms in total. The monoisotopic (exact) mass is 479 g/mol. The van der Waals surface area contributed by atoms with Gasteiger partial charge in [0.1, 0.15) is 0 Å². The number of rotatable bonds is 14. The maximum absolute atomic E-state index is 6.41. The first kappa shape index (κ1) is 30.0. The number of piperidine rings is 2. The van der Waals surface area contributed by atoms with E-state index in [1.165, 1.54) is 77.0 Å². The van der Waals surface area contributed by atoms with Crippen molar-refractivity contribution in [3.8, 4) is 0 Å². The van der Waals surface area contributed by atoms with Crippen LogP contribution in [0.15, 0.2) is 0 Å². The Morgan fingerprint density at radius 1 is 0.588 bits per heavy atom. The van der Waals surface area contributed by atoms with Crippen LogP contribution in [0.3, 0.4) is 0 Å². The van der Waals surface area contributed by atoms with Gasteiger partial charge in [-0.05, 0) is 120 Å². The van der Waals surface area contributed by atoms with Gasteiger partial charge in [0.05, 0.1) is 0 Å². The van der Waals surface area contributed by atoms with E-state index < -0.39 is 0 Å². The zero-order valence-corrected chi connectivity index (χ0v) is 24.2. The van der Waals surface area contributed by atoms with Crippen molar-refractivity contribution in [1.29, 1.82) is 0 Å². The Balaban J connectivity index is 1.44. The van der Waals surface area contributed by atoms with Gasteiger partial charge in [-0.15, -0.1) is 0 Å². The average molecular weight is 480 g/mol. The largest absolute Gasteiger partial charge is 0.328 e. The van der Waals surface area contributed by atoms with E-state index in [0.717, 1.165) is 13.1 Å². The van der Waals surface area contributed by atoms with Crippen molar-refractivity contribution >= 4 is 0 Å². The SMILES string of the molecule is CC1(C)CC(NCCCCCC(N)CCCCCNC2CC(C)(C)NC(C)(C)C2)CC(C)(C)N1. The lowest BCUT2D eigenvalue weighted by atomic mass is 9.79. The molecule has 2 rings (SSSR count). The van der Waals surface area contributed by atoms with E-state index in [-0.39, 0.29) is 22.2 Å². The first-order chi connectivity index (χ1) is 15.7. The molecule has 0 aromatic rings. The summed E-state index contributed by atoms with van der Waals surface area (Å²) < 4.78 is 0. The molecule has 0 aromatic heterocycles. The topological polar surface area (TPSA) is 74.1 Å². The maximum Gasteiger partial charge on any atom is 0.0144 e. The Labute approximate surface area is 212 Å². The molecular weight excluding hydrogens is 418 g/mol. The molecular formula is C29H61N5. The molecule has 0 spiro atoms. The highest BCUT2D eigenvalue weighted by atomic mass is 15.1. The van der Waals surface area contributed by atoms with Crippen LogP contribution in [-0.2, 0) is 0 Å². The van der Waals surface area contributed by atoms with Crippen LogP contribution in [0.25, 0.3) is 0 Å². The lowest BCUT2D eigenvalue weighted by molar-refractivity contribution is 0.145. The van der Waals surface area contributed by atoms with Gasteiger partial charge in [-0.1, -0.05) is 25.7 Å². The maximum atomic E-state index is 6.41. The van der Waals surface area contributed by atoms with Crippen LogP contribution in [0.5, 0.6) is 0 Å². The summed E-state index contributed by atoms with van der Waals surface area (Å²) in [7, 11) is 0. The molecule has 0 bridgehead atoms. The molecule has 5 heteroatoms. The Hall–Kier alpha value is -0.200. The van der Waals surface area contributed by atoms with Gasteiger partial charge in [-0.3, -0.25) is 0 Å². The standard InChI is InChI=1S/C29H61N5/c1-26(2)19-24(20-27(3,4)33-26)31-17-13-9-11-15-23(30)16-12-10-14-18-32-25-21-28(5,6)34-29(7,8)22-25/h23-25,31-34H,9-22,30H2,1-8H3. The number of hydrogen-bond acceptors (Lipinski definition) is 5. The molecule has 0 saturated carbocycles. The van der Waals surface area contributed by atoms with Crippen molar-refractivity contribution in [2.75, 3.05) is 13.1 Å². The predicted molar refractivity (Wildman–Crippen MR) is 150 cm³/mol. The molecule has 6 N–H and O–H groups in total. The second-order valence-electron chi connectivity index (χ2n) is 14.4. The van der Waals surface area contributed by atoms with Crippen LogP contribution < -0.4 is 27.0 Å². The first-order valence-electron chi connectivity index (χ1n) is 14.5. The normalized spacial score (nSPS) is 24.5. The highest BCUT2D eigenvalue weighted by molar-refractivity contribution is 5.00. The van der Waals surface area contributed by atoms with Gasteiger partial charge in [0, 0.05) is 40.3 Å². The third-order valence-corrected chi connectivity index (χ3v) is 7.75. The summed E-state index contributed by atoms with van der Waals surface area (Å²) in [6.07, 6.45) is 14.9. The number of unbranched alkanes of at least 4 members (excludes halogenated alkanes) is 4. The summed E-state index contributed by atoms with van der Waals surface area (Å²) in [6.45, 7) is 20.9. The lowest BCUT2D eigenvalue weighted by Crippen LogP contribution is -2.61. The van der Waals surface area contributed by atoms with Gasteiger partial charge in [0.15, 0.2) is 0 Å². The molecule has 0 aliphatic carbocycles. The minimum Gasteiger partial charge on any atom is -0.328 e. The molecule has 0 amide bonds. The number of nitrogens with one attached hydrogen (secondary N) is 4. The summed E-state index contributed by atoms with van der Waals surface area (Å²) >= 11 is 0. The fourth-order valence-electron chi connectivity index (χ4n) is 7.11. The Kier molecular flexibility index (Phi) is 11.4. The molecule has 0 unspecified atom stereocenters. The van der Waals surface area contributed by atoms with Gasteiger partial charge >= 0.3 is 0 Å². The van der Waals surface area contributed by atoms with E-state index >= 15 is 0 Å². The summed E-state index contributed by atoms with van der Waals surface area (Å²) in [6, 6.07) is 1.66. The van der Waals surface area contributed by atoms with Gasteiger partial charge in [0.25, 0.3) is 0 Å². The van der Waals surface area contributed by atoms with E-state index in [9.17, 15) is 0 Å². The smallest absolute Gasteiger partial charge is 0.0144 e. The van der Waals surface area contributed by atoms with Gasteiger partial charge in [0.2, 0.25) is 0 Å². The first-order valence-corrected chi connectivity index (χ1v) is 14.5. The van der Waals surface area contributed by atoms with E-state index in [0.29, 0.717) is 18.1 Å². The van der Waals surface area contributed by atoms with E-state index in [4.69, 9.17) is 5.73 Å². The molecule has 202 valence electrons. The molecule has 2 aliphatic rings. The van der Waals surface area contributed by atoms with Crippen LogP contribution in [0, 0.1) is 0 Å². The van der Waals surface area contributed by atoms with Crippen molar-refractivity contribution in [1.82, 2.24) is 21.3 Å². The summed E-state index contributed by atoms with van der Waals surface area (Å²) in [5.74, 6) is 0. The zero-order chi connectivity index (χ0) is 25.5. The summed E-state index contributed by atoms with van der Waals surface area (Å²) in [4.78, 5) is 0. The predicted octanol–water partition coefficient (Wildman–Crippen LogP) is 5.23. The summed E-state index contributed by atoms with van der Waals surface area (Å²) in [5, 5.41) is 15.2. The number of nitrogens with two attached hydrogens (primary N) is 1. The average Bonchev–Trinajstić information content (AvgIpc) is 2.62. The Morgan fingerprint density at radius 2 is 0.912 bits per heavy atom. The van der Waals surface area contributed by atoms with Crippen molar-refractivity contribution in [3.63, 3.8) is 0 Å². The van der Waals surface area contributed by atoms with Crippen molar-refractivity contribution in [3.05, 3.63) is 0 Å². The van der Waals surface area contributed by atoms with Crippen LogP contribution in [0.1, 0.15) is 132 Å². The molecule has 34 heavy (non-hydrogen) atoms. The highest BCUT2D eigenvalue weighted by Gasteiger charge is 2.38. The van der Waals surface area contributed by atoms with Crippen LogP contribution >= 0.6 is 0 Å². The van der Waals surface area contributed by atoms with Crippen molar-refractivity contribution in [2.24, 2.45) is 5.73 Å². The second kappa shape index (κ2) is 12.9. The Bertz CT molecular complexity index is 501. The molecule has 2 aliphatic heterocycles. The molecule has 0 atom stereocenters. The van der Waals surface area contributed by atoms with Crippen molar-refractivity contribution < 1.29 is 0 Å². The third kappa shape index (κ3) is 12.2. The minimum absolute atomic E-state index is 0.226. The van der Waals surface area contributed by atoms with Crippen LogP contribution in [-0.4, -0.2) is 53.4 Å². The van der Waals surface area contributed by atoms with Gasteiger partial charge in [-0.2, -0.15) is 0 Å². The van der Waals surface area contributed by atoms with Gasteiger partial charge in [-0.25, -0.2) is 0 Å². The van der Waals surface area contributed by atoms with Crippen LogP contribution in [0.4, 0.5) is 0 Å². The van der Waals surface area contributed by atoms with E-state index in [1.807, 2.05) is 0 Å². The lowest BCUT2D eigenvalue weighted by Gasteiger charge is -2.46. The third-order valence-electron chi connectivity index (χ3n) is 7.75.